The second kappa shape index (κ2) is 2.55. The fourth-order valence-corrected chi connectivity index (χ4v) is 0.555. The summed E-state index contributed by atoms with van der Waals surface area (Å²) in [5.74, 6) is 0. The summed E-state index contributed by atoms with van der Waals surface area (Å²) >= 11 is 0. The van der Waals surface area contributed by atoms with E-state index in [1.807, 2.05) is 12.2 Å². The van der Waals surface area contributed by atoms with E-state index in [0.717, 1.165) is 0 Å². The molecule has 0 saturated heterocycles. The van der Waals surface area contributed by atoms with Gasteiger partial charge in [0.05, 0.1) is 0 Å². The monoisotopic (exact) mass is 125 g/mol. The van der Waals surface area contributed by atoms with Crippen LogP contribution < -0.4 is 5.43 Å². The molecule has 3 heteroatoms. The van der Waals surface area contributed by atoms with Crippen LogP contribution in [0.15, 0.2) is 24.6 Å². The van der Waals surface area contributed by atoms with Crippen molar-refractivity contribution in [3.8, 4) is 0 Å². The Morgan fingerprint density at radius 2 is 2.33 bits per heavy atom. The first kappa shape index (κ1) is 6.16. The highest BCUT2D eigenvalue weighted by Crippen LogP contribution is 1.95. The van der Waals surface area contributed by atoms with Crippen molar-refractivity contribution in [2.45, 2.75) is 6.23 Å². The van der Waals surface area contributed by atoms with Crippen molar-refractivity contribution in [3.05, 3.63) is 31.5 Å². The first-order valence-electron chi connectivity index (χ1n) is 2.70. The van der Waals surface area contributed by atoms with Crippen molar-refractivity contribution >= 4 is 0 Å². The van der Waals surface area contributed by atoms with Crippen LogP contribution in [0.2, 0.25) is 0 Å². The Hall–Kier alpha value is -0.960. The van der Waals surface area contributed by atoms with Gasteiger partial charge in [-0.05, 0) is 19.1 Å². The zero-order chi connectivity index (χ0) is 6.69. The molecule has 0 aromatic rings. The van der Waals surface area contributed by atoms with Crippen LogP contribution in [0.3, 0.4) is 0 Å². The molecule has 1 rings (SSSR count). The summed E-state index contributed by atoms with van der Waals surface area (Å²) in [4.78, 5) is 0. The predicted octanol–water partition coefficient (Wildman–Crippen LogP) is -0.0135. The minimum absolute atomic E-state index is 0.730. The third kappa shape index (κ3) is 1.47. The molecule has 1 atom stereocenters. The van der Waals surface area contributed by atoms with E-state index in [9.17, 15) is 0 Å². The van der Waals surface area contributed by atoms with Gasteiger partial charge in [0, 0.05) is 12.4 Å². The van der Waals surface area contributed by atoms with Gasteiger partial charge in [-0.3, -0.25) is 5.01 Å². The molecule has 0 bridgehead atoms. The van der Waals surface area contributed by atoms with Gasteiger partial charge in [0.2, 0.25) is 0 Å². The van der Waals surface area contributed by atoms with Crippen molar-refractivity contribution in [2.24, 2.45) is 0 Å². The van der Waals surface area contributed by atoms with Crippen LogP contribution in [-0.4, -0.2) is 16.3 Å². The molecule has 0 saturated carbocycles. The van der Waals surface area contributed by atoms with Crippen LogP contribution in [-0.2, 0) is 0 Å². The quantitative estimate of drug-likeness (QED) is 0.517. The van der Waals surface area contributed by atoms with E-state index in [0.29, 0.717) is 0 Å². The van der Waals surface area contributed by atoms with Gasteiger partial charge in [0.15, 0.2) is 0 Å². The lowest BCUT2D eigenvalue weighted by Crippen LogP contribution is -2.37. The van der Waals surface area contributed by atoms with E-state index in [2.05, 4.69) is 12.3 Å². The van der Waals surface area contributed by atoms with Crippen LogP contribution in [0.4, 0.5) is 0 Å². The number of nitrogens with zero attached hydrogens (tertiary/aromatic N) is 1. The fourth-order valence-electron chi connectivity index (χ4n) is 0.555. The van der Waals surface area contributed by atoms with Crippen molar-refractivity contribution in [1.29, 1.82) is 0 Å². The molecule has 0 aromatic heterocycles. The van der Waals surface area contributed by atoms with E-state index in [4.69, 9.17) is 5.11 Å². The maximum Gasteiger partial charge on any atom is 0.144 e. The number of hydrogen-bond acceptors (Lipinski definition) is 3. The lowest BCUT2D eigenvalue weighted by molar-refractivity contribution is 0.0516. The number of nitrogens with one attached hydrogen (secondary N) is 1. The smallest absolute Gasteiger partial charge is 0.144 e. The Morgan fingerprint density at radius 1 is 1.56 bits per heavy atom. The maximum absolute atomic E-state index is 8.84. The summed E-state index contributed by atoms with van der Waals surface area (Å²) in [6.07, 6.45) is 6.33. The molecule has 0 fully saturated rings. The molecular formula is C6H9N2O. The van der Waals surface area contributed by atoms with E-state index in [1.165, 1.54) is 5.01 Å². The van der Waals surface area contributed by atoms with Crippen molar-refractivity contribution in [3.63, 3.8) is 0 Å². The number of aliphatic hydroxyl groups excluding tert-OH is 1. The summed E-state index contributed by atoms with van der Waals surface area (Å²) in [6.45, 7) is 3.40. The third-order valence-corrected chi connectivity index (χ3v) is 0.999. The molecule has 1 heterocycles. The molecule has 0 amide bonds. The van der Waals surface area contributed by atoms with Gasteiger partial charge in [0.1, 0.15) is 6.23 Å². The van der Waals surface area contributed by atoms with E-state index < -0.39 is 6.23 Å². The zero-order valence-corrected chi connectivity index (χ0v) is 4.99. The molecule has 0 aliphatic carbocycles. The number of hydrazine groups is 1. The lowest BCUT2D eigenvalue weighted by Gasteiger charge is -2.24. The first-order valence-corrected chi connectivity index (χ1v) is 2.70. The van der Waals surface area contributed by atoms with Gasteiger partial charge in [0.25, 0.3) is 0 Å². The molecule has 49 valence electrons. The topological polar surface area (TPSA) is 35.5 Å². The van der Waals surface area contributed by atoms with Crippen molar-refractivity contribution in [1.82, 2.24) is 10.4 Å². The van der Waals surface area contributed by atoms with Gasteiger partial charge in [-0.25, -0.2) is 0 Å². The second-order valence-corrected chi connectivity index (χ2v) is 1.72. The third-order valence-electron chi connectivity index (χ3n) is 0.999. The molecule has 0 aromatic carbocycles. The van der Waals surface area contributed by atoms with Crippen LogP contribution in [0.25, 0.3) is 0 Å². The molecule has 9 heavy (non-hydrogen) atoms. The fraction of sp³-hybridized carbons (Fsp3) is 0.167. The summed E-state index contributed by atoms with van der Waals surface area (Å²) in [6, 6.07) is 0. The van der Waals surface area contributed by atoms with E-state index >= 15 is 0 Å². The highest BCUT2D eigenvalue weighted by Gasteiger charge is 2.02. The Kier molecular flexibility index (Phi) is 1.75. The number of hydrogen-bond donors (Lipinski definition) is 2. The van der Waals surface area contributed by atoms with Gasteiger partial charge in [-0.1, -0.05) is 0 Å². The predicted molar refractivity (Wildman–Crippen MR) is 34.6 cm³/mol. The van der Waals surface area contributed by atoms with E-state index in [1.54, 1.807) is 12.4 Å². The summed E-state index contributed by atoms with van der Waals surface area (Å²) in [7, 11) is 0. The molecular weight excluding hydrogens is 116 g/mol. The lowest BCUT2D eigenvalue weighted by atomic mass is 10.5. The number of allylic oxidation sites excluding steroid dienone is 2. The summed E-state index contributed by atoms with van der Waals surface area (Å²) < 4.78 is 0. The van der Waals surface area contributed by atoms with Crippen LogP contribution in [0, 0.1) is 6.92 Å². The van der Waals surface area contributed by atoms with E-state index in [-0.39, 0.29) is 0 Å². The van der Waals surface area contributed by atoms with Gasteiger partial charge in [-0.15, -0.1) is 0 Å². The zero-order valence-electron chi connectivity index (χ0n) is 4.99. The number of aliphatic hydroxyl groups is 1. The first-order chi connectivity index (χ1) is 4.30. The van der Waals surface area contributed by atoms with Crippen molar-refractivity contribution in [2.75, 3.05) is 0 Å². The van der Waals surface area contributed by atoms with Crippen LogP contribution >= 0.6 is 0 Å². The average molecular weight is 125 g/mol. The summed E-state index contributed by atoms with van der Waals surface area (Å²) in [5.41, 5.74) is 2.77. The maximum atomic E-state index is 8.84. The molecule has 1 aliphatic heterocycles. The molecule has 1 aliphatic rings. The minimum atomic E-state index is -0.730. The molecule has 1 radical (unpaired) electrons. The second-order valence-electron chi connectivity index (χ2n) is 1.72. The van der Waals surface area contributed by atoms with Crippen LogP contribution in [0.1, 0.15) is 0 Å². The molecule has 3 nitrogen and oxygen atoms in total. The Balaban J connectivity index is 2.46. The Labute approximate surface area is 54.3 Å². The van der Waals surface area contributed by atoms with Gasteiger partial charge < -0.3 is 10.5 Å². The van der Waals surface area contributed by atoms with Gasteiger partial charge >= 0.3 is 0 Å². The average Bonchev–Trinajstić information content (AvgIpc) is 1.90. The van der Waals surface area contributed by atoms with Crippen molar-refractivity contribution < 1.29 is 5.11 Å². The number of rotatable bonds is 1. The molecule has 1 unspecified atom stereocenters. The minimum Gasteiger partial charge on any atom is -0.372 e. The Morgan fingerprint density at radius 3 is 2.67 bits per heavy atom. The molecule has 2 N–H and O–H groups in total. The highest BCUT2D eigenvalue weighted by atomic mass is 16.3. The normalized spacial score (nSPS) is 19.6. The molecule has 0 spiro atoms. The van der Waals surface area contributed by atoms with Crippen LogP contribution in [0.5, 0.6) is 0 Å². The largest absolute Gasteiger partial charge is 0.372 e. The summed E-state index contributed by atoms with van der Waals surface area (Å²) in [5, 5.41) is 10.3. The van der Waals surface area contributed by atoms with Gasteiger partial charge in [-0.2, -0.15) is 0 Å². The Bertz CT molecular complexity index is 140. The SMILES string of the molecule is [CH2]C(O)N1C=CC=CN1. The highest BCUT2D eigenvalue weighted by molar-refractivity contribution is 5.05. The standard InChI is InChI=1S/C6H9N2O/c1-6(9)8-5-3-2-4-7-8/h2-7,9H,1H2.